The van der Waals surface area contributed by atoms with Gasteiger partial charge >= 0.3 is 24.8 Å². The van der Waals surface area contributed by atoms with E-state index < -0.39 is 17.9 Å². The minimum atomic E-state index is -2.17. The van der Waals surface area contributed by atoms with Gasteiger partial charge in [0.2, 0.25) is 0 Å². The molecule has 8 heteroatoms. The Morgan fingerprint density at radius 3 is 0.833 bits per heavy atom. The molecule has 0 aliphatic rings. The summed E-state index contributed by atoms with van der Waals surface area (Å²) < 4.78 is 17.1. The molecule has 0 aromatic rings. The molecule has 12 heavy (non-hydrogen) atoms. The van der Waals surface area contributed by atoms with Gasteiger partial charge in [0, 0.05) is 0 Å². The monoisotopic (exact) mass is 366 g/mol. The molecule has 0 atom stereocenters. The van der Waals surface area contributed by atoms with Gasteiger partial charge in [-0.05, 0) is 0 Å². The summed E-state index contributed by atoms with van der Waals surface area (Å²) in [6.07, 6.45) is 0. The molecular formula is C4H8ClN4O2Re-5. The van der Waals surface area contributed by atoms with Crippen LogP contribution in [0.15, 0.2) is 0 Å². The number of hydrogen-bond donors (Lipinski definition) is 0. The summed E-state index contributed by atoms with van der Waals surface area (Å²) >= 11 is -2.17. The zero-order valence-corrected chi connectivity index (χ0v) is 9.66. The van der Waals surface area contributed by atoms with Gasteiger partial charge in [-0.25, -0.2) is 0 Å². The molecule has 0 aromatic heterocycles. The number of nitrogens with zero attached hydrogens (tertiary/aromatic N) is 4. The molecule has 4 radical (unpaired) electrons. The second-order valence-electron chi connectivity index (χ2n) is 0.957. The normalized spacial score (nSPS) is 6.00. The Bertz CT molecular complexity index is 73.5. The van der Waals surface area contributed by atoms with Gasteiger partial charge in [-0.15, -0.1) is 0 Å². The Morgan fingerprint density at radius 1 is 0.750 bits per heavy atom. The third kappa shape index (κ3) is 160. The first kappa shape index (κ1) is 22.8. The summed E-state index contributed by atoms with van der Waals surface area (Å²) in [6.45, 7) is -0.500. The maximum atomic E-state index is 8.53. The SMILES string of the molecule is [Cl-].[N-]CC[N-].[N-]CC[N-].[O]=[Re]=[O]. The molecule has 0 saturated heterocycles. The van der Waals surface area contributed by atoms with Crippen molar-refractivity contribution in [1.82, 2.24) is 0 Å². The third-order valence-electron chi connectivity index (χ3n) is 0.200. The summed E-state index contributed by atoms with van der Waals surface area (Å²) in [7, 11) is 0. The van der Waals surface area contributed by atoms with E-state index in [0.717, 1.165) is 0 Å². The second-order valence-corrected chi connectivity index (χ2v) is 1.41. The fourth-order valence-electron chi connectivity index (χ4n) is 0. The standard InChI is InChI=1S/2C2H4N2.ClH.2O.Re/c2*3-1-2-4;;;;/h2*1-2H2;1H;;;/q2*-2;;;;/p-1. The van der Waals surface area contributed by atoms with Crippen LogP contribution in [0.25, 0.3) is 22.9 Å². The van der Waals surface area contributed by atoms with Gasteiger partial charge in [-0.1, -0.05) is 0 Å². The third-order valence-corrected chi connectivity index (χ3v) is 0.200. The van der Waals surface area contributed by atoms with Gasteiger partial charge in [0.15, 0.2) is 0 Å². The van der Waals surface area contributed by atoms with Crippen molar-refractivity contribution >= 4 is 0 Å². The summed E-state index contributed by atoms with van der Waals surface area (Å²) in [5.74, 6) is 0. The van der Waals surface area contributed by atoms with Crippen LogP contribution in [0, 0.1) is 0 Å². The predicted octanol–water partition coefficient (Wildman–Crippen LogP) is -1.91. The van der Waals surface area contributed by atoms with Crippen LogP contribution in [-0.2, 0) is 24.8 Å². The maximum absolute atomic E-state index is 8.53. The molecule has 0 aromatic carbocycles. The summed E-state index contributed by atoms with van der Waals surface area (Å²) in [5, 5.41) is 0. The van der Waals surface area contributed by atoms with E-state index in [4.69, 9.17) is 29.9 Å². The van der Waals surface area contributed by atoms with Crippen LogP contribution >= 0.6 is 0 Å². The summed E-state index contributed by atoms with van der Waals surface area (Å²) in [4.78, 5) is 0. The van der Waals surface area contributed by atoms with Crippen molar-refractivity contribution in [3.8, 4) is 0 Å². The van der Waals surface area contributed by atoms with E-state index >= 15 is 0 Å². The first-order chi connectivity index (χ1) is 5.24. The van der Waals surface area contributed by atoms with E-state index in [0.29, 0.717) is 0 Å². The van der Waals surface area contributed by atoms with Crippen molar-refractivity contribution in [3.63, 3.8) is 0 Å². The van der Waals surface area contributed by atoms with E-state index in [9.17, 15) is 0 Å². The van der Waals surface area contributed by atoms with Crippen LogP contribution < -0.4 is 12.4 Å². The van der Waals surface area contributed by atoms with Crippen LogP contribution in [0.3, 0.4) is 0 Å². The molecule has 6 nitrogen and oxygen atoms in total. The molecule has 0 saturated carbocycles. The molecule has 0 rings (SSSR count). The Kier molecular flexibility index (Phi) is 80.5. The van der Waals surface area contributed by atoms with E-state index in [1.54, 1.807) is 0 Å². The van der Waals surface area contributed by atoms with Crippen LogP contribution in [-0.4, -0.2) is 26.2 Å². The Morgan fingerprint density at radius 2 is 0.833 bits per heavy atom. The van der Waals surface area contributed by atoms with Crippen molar-refractivity contribution in [1.29, 1.82) is 0 Å². The molecular weight excluding hydrogens is 358 g/mol. The average Bonchev–Trinajstić information content (AvgIpc) is 2.06. The first-order valence-corrected chi connectivity index (χ1v) is 4.79. The van der Waals surface area contributed by atoms with Gasteiger partial charge in [-0.3, -0.25) is 0 Å². The topological polar surface area (TPSA) is 123 Å². The van der Waals surface area contributed by atoms with Gasteiger partial charge in [-0.2, -0.15) is 26.2 Å². The number of rotatable bonds is 2. The molecule has 0 N–H and O–H groups in total. The van der Waals surface area contributed by atoms with Gasteiger partial charge < -0.3 is 35.3 Å². The molecule has 0 spiro atoms. The van der Waals surface area contributed by atoms with Crippen molar-refractivity contribution in [2.24, 2.45) is 0 Å². The number of hydrogen-bond acceptors (Lipinski definition) is 2. The van der Waals surface area contributed by atoms with Crippen LogP contribution in [0.1, 0.15) is 0 Å². The minimum absolute atomic E-state index is 0. The van der Waals surface area contributed by atoms with Crippen molar-refractivity contribution in [2.75, 3.05) is 26.2 Å². The summed E-state index contributed by atoms with van der Waals surface area (Å²) in [5.41, 5.74) is 30.5. The molecule has 0 amide bonds. The van der Waals surface area contributed by atoms with Crippen molar-refractivity contribution in [3.05, 3.63) is 22.9 Å². The second kappa shape index (κ2) is 42.3. The average molecular weight is 366 g/mol. The molecule has 0 heterocycles. The van der Waals surface area contributed by atoms with Crippen LogP contribution in [0.2, 0.25) is 0 Å². The zero-order chi connectivity index (χ0) is 9.54. The van der Waals surface area contributed by atoms with E-state index in [-0.39, 0.29) is 38.6 Å². The first-order valence-electron chi connectivity index (χ1n) is 2.57. The molecule has 0 bridgehead atoms. The number of halogens is 1. The molecule has 0 aliphatic heterocycles. The van der Waals surface area contributed by atoms with Crippen LogP contribution in [0.4, 0.5) is 0 Å². The van der Waals surface area contributed by atoms with Crippen LogP contribution in [0.5, 0.6) is 0 Å². The Hall–Kier alpha value is 0.392. The van der Waals surface area contributed by atoms with Crippen molar-refractivity contribution < 1.29 is 37.2 Å². The molecule has 0 fully saturated rings. The van der Waals surface area contributed by atoms with Gasteiger partial charge in [0.1, 0.15) is 0 Å². The van der Waals surface area contributed by atoms with Gasteiger partial charge in [0.25, 0.3) is 0 Å². The molecule has 75 valence electrons. The molecule has 0 aliphatic carbocycles. The van der Waals surface area contributed by atoms with Gasteiger partial charge in [0.05, 0.1) is 0 Å². The van der Waals surface area contributed by atoms with E-state index in [2.05, 4.69) is 0 Å². The quantitative estimate of drug-likeness (QED) is 0.566. The fourth-order valence-corrected chi connectivity index (χ4v) is 0. The van der Waals surface area contributed by atoms with E-state index in [1.807, 2.05) is 0 Å². The Balaban J connectivity index is -0.0000000389. The van der Waals surface area contributed by atoms with E-state index in [1.165, 1.54) is 0 Å². The predicted molar refractivity (Wildman–Crippen MR) is 34.3 cm³/mol. The van der Waals surface area contributed by atoms with Crippen molar-refractivity contribution in [2.45, 2.75) is 0 Å². The summed E-state index contributed by atoms with van der Waals surface area (Å²) in [6, 6.07) is 0. The zero-order valence-electron chi connectivity index (χ0n) is 6.19. The molecule has 0 unspecified atom stereocenters. The Labute approximate surface area is 86.6 Å². The fraction of sp³-hybridized carbons (Fsp3) is 1.00.